The third-order valence-electron chi connectivity index (χ3n) is 12.4. The van der Waals surface area contributed by atoms with Gasteiger partial charge >= 0.3 is 0 Å². The monoisotopic (exact) mass is 964 g/mol. The van der Waals surface area contributed by atoms with Crippen molar-refractivity contribution in [3.63, 3.8) is 0 Å². The summed E-state index contributed by atoms with van der Waals surface area (Å²) in [6.45, 7) is 21.7. The second-order valence-corrected chi connectivity index (χ2v) is 17.2. The number of para-hydroxylation sites is 3. The van der Waals surface area contributed by atoms with Crippen LogP contribution in [-0.2, 0) is 30.3 Å². The van der Waals surface area contributed by atoms with Crippen LogP contribution >= 0.6 is 0 Å². The van der Waals surface area contributed by atoms with Crippen LogP contribution in [0.4, 0.5) is 0 Å². The number of aromatic nitrogens is 2. The molecule has 0 saturated heterocycles. The molecule has 59 heavy (non-hydrogen) atoms. The summed E-state index contributed by atoms with van der Waals surface area (Å²) in [4.78, 5) is 17.0. The Hall–Kier alpha value is -4.77. The quantitative estimate of drug-likeness (QED) is 0.0797. The first-order valence-corrected chi connectivity index (χ1v) is 21.4. The number of hydrogen-bond acceptors (Lipinski definition) is 4. The second-order valence-electron chi connectivity index (χ2n) is 17.2. The van der Waals surface area contributed by atoms with Crippen molar-refractivity contribution in [3.05, 3.63) is 125 Å². The van der Waals surface area contributed by atoms with Crippen LogP contribution in [0.25, 0.3) is 66.9 Å². The number of aliphatic hydroxyl groups is 1. The molecule has 0 atom stereocenters. The molecule has 1 radical (unpaired) electrons. The molecule has 7 aromatic rings. The number of allylic oxidation sites excluding steroid dienone is 3. The average Bonchev–Trinajstić information content (AvgIpc) is 3.78. The fourth-order valence-electron chi connectivity index (χ4n) is 8.94. The third-order valence-corrected chi connectivity index (χ3v) is 12.4. The molecule has 0 fully saturated rings. The Kier molecular flexibility index (Phi) is 13.2. The van der Waals surface area contributed by atoms with Crippen molar-refractivity contribution in [2.75, 3.05) is 0 Å². The van der Waals surface area contributed by atoms with E-state index in [1.54, 1.807) is 0 Å². The third kappa shape index (κ3) is 7.99. The van der Waals surface area contributed by atoms with Crippen LogP contribution in [0.1, 0.15) is 129 Å². The zero-order valence-electron chi connectivity index (χ0n) is 36.4. The Morgan fingerprint density at radius 3 is 2.14 bits per heavy atom. The number of benzene rings is 5. The van der Waals surface area contributed by atoms with Crippen LogP contribution in [-0.4, -0.2) is 20.4 Å². The van der Waals surface area contributed by atoms with E-state index < -0.39 is 0 Å². The van der Waals surface area contributed by atoms with Crippen LogP contribution in [0.2, 0.25) is 0 Å². The summed E-state index contributed by atoms with van der Waals surface area (Å²) in [7, 11) is 0. The summed E-state index contributed by atoms with van der Waals surface area (Å²) >= 11 is 0. The Bertz CT molecular complexity index is 2670. The first-order valence-electron chi connectivity index (χ1n) is 21.4. The van der Waals surface area contributed by atoms with Gasteiger partial charge in [0.2, 0.25) is 0 Å². The Labute approximate surface area is 364 Å². The van der Waals surface area contributed by atoms with E-state index in [0.717, 1.165) is 70.0 Å². The molecule has 5 aromatic carbocycles. The maximum absolute atomic E-state index is 11.7. The maximum Gasteiger partial charge on any atom is 0.162 e. The molecule has 0 bridgehead atoms. The average molecular weight is 964 g/mol. The van der Waals surface area contributed by atoms with Gasteiger partial charge in [-0.05, 0) is 88.7 Å². The van der Waals surface area contributed by atoms with Crippen molar-refractivity contribution >= 4 is 55.6 Å². The maximum atomic E-state index is 11.7. The van der Waals surface area contributed by atoms with E-state index in [9.17, 15) is 9.90 Å². The van der Waals surface area contributed by atoms with Crippen LogP contribution in [0.3, 0.4) is 0 Å². The number of carbonyl (C=O) groups is 1. The molecule has 5 nitrogen and oxygen atoms in total. The van der Waals surface area contributed by atoms with Crippen molar-refractivity contribution in [3.8, 4) is 17.1 Å². The van der Waals surface area contributed by atoms with Crippen LogP contribution in [0.5, 0.6) is 0 Å². The van der Waals surface area contributed by atoms with Gasteiger partial charge in [-0.1, -0.05) is 141 Å². The predicted molar refractivity (Wildman–Crippen MR) is 244 cm³/mol. The summed E-state index contributed by atoms with van der Waals surface area (Å²) in [5, 5.41) is 14.5. The standard InChI is InChI=1S/C40H35N2O.C13H24O2.Ir/c1-23(2)26-13-10-14-27(24(3)4)37(26)42-33-19-8-7-18-32(33)41-39(42)30-16-11-15-29-36-28-20-21-40(5,6)31-17-9-12-25(35(28)31)22-34(36)43-38(29)30;1-5-10(6-2)12(14)9-13(15)11(7-3)8-4;/h7-15,17-24H,1-6H3;9-11,14H,5-8H2,1-4H3;/q-1;;/b;12-9-;. The number of fused-ring (bicyclic) bond motifs is 5. The van der Waals surface area contributed by atoms with Gasteiger partial charge in [0, 0.05) is 54.5 Å². The molecule has 309 valence electrons. The molecule has 8 rings (SSSR count). The van der Waals surface area contributed by atoms with E-state index in [0.29, 0.717) is 11.8 Å². The molecule has 0 unspecified atom stereocenters. The van der Waals surface area contributed by atoms with Crippen molar-refractivity contribution in [2.45, 2.75) is 112 Å². The minimum absolute atomic E-state index is 0. The van der Waals surface area contributed by atoms with Gasteiger partial charge < -0.3 is 14.1 Å². The van der Waals surface area contributed by atoms with Crippen molar-refractivity contribution in [1.82, 2.24) is 9.55 Å². The molecular weight excluding hydrogens is 905 g/mol. The van der Waals surface area contributed by atoms with Gasteiger partial charge in [0.1, 0.15) is 5.58 Å². The van der Waals surface area contributed by atoms with Crippen molar-refractivity contribution in [1.29, 1.82) is 0 Å². The number of nitrogens with zero attached hydrogens (tertiary/aromatic N) is 2. The van der Waals surface area contributed by atoms with E-state index in [1.807, 2.05) is 33.8 Å². The zero-order valence-corrected chi connectivity index (χ0v) is 38.8. The molecule has 1 aliphatic carbocycles. The van der Waals surface area contributed by atoms with Crippen LogP contribution < -0.4 is 0 Å². The summed E-state index contributed by atoms with van der Waals surface area (Å²) in [6, 6.07) is 31.8. The van der Waals surface area contributed by atoms with E-state index in [-0.39, 0.29) is 48.9 Å². The molecular formula is C53H59IrN2O3-. The Morgan fingerprint density at radius 2 is 1.49 bits per heavy atom. The molecule has 0 spiro atoms. The molecule has 0 aliphatic heterocycles. The molecule has 1 N–H and O–H groups in total. The smallest absolute Gasteiger partial charge is 0.162 e. The van der Waals surface area contributed by atoms with Gasteiger partial charge in [-0.15, -0.1) is 18.2 Å². The van der Waals surface area contributed by atoms with Crippen molar-refractivity contribution < 1.29 is 34.4 Å². The van der Waals surface area contributed by atoms with Crippen LogP contribution in [0, 0.1) is 17.9 Å². The Morgan fingerprint density at radius 1 is 0.847 bits per heavy atom. The van der Waals surface area contributed by atoms with Gasteiger partial charge in [0.15, 0.2) is 5.78 Å². The largest absolute Gasteiger partial charge is 0.512 e. The summed E-state index contributed by atoms with van der Waals surface area (Å²) in [6.07, 6.45) is 9.53. The van der Waals surface area contributed by atoms with E-state index in [1.165, 1.54) is 44.8 Å². The normalized spacial score (nSPS) is 13.6. The summed E-state index contributed by atoms with van der Waals surface area (Å²) in [5.74, 6) is 2.10. The minimum atomic E-state index is -0.0263. The van der Waals surface area contributed by atoms with E-state index >= 15 is 0 Å². The molecule has 2 heterocycles. The number of hydrogen-bond donors (Lipinski definition) is 1. The van der Waals surface area contributed by atoms with Gasteiger partial charge in [-0.25, -0.2) is 0 Å². The van der Waals surface area contributed by atoms with Crippen molar-refractivity contribution in [2.24, 2.45) is 11.8 Å². The molecule has 0 amide bonds. The fourth-order valence-corrected chi connectivity index (χ4v) is 8.94. The number of carbonyl (C=O) groups excluding carboxylic acids is 1. The fraction of sp³-hybridized carbons (Fsp3) is 0.358. The summed E-state index contributed by atoms with van der Waals surface area (Å²) < 4.78 is 9.19. The number of rotatable bonds is 11. The minimum Gasteiger partial charge on any atom is -0.512 e. The molecule has 6 heteroatoms. The Balaban J connectivity index is 0.000000315. The molecule has 1 aliphatic rings. The number of imidazole rings is 1. The first-order chi connectivity index (χ1) is 27.8. The molecule has 2 aromatic heterocycles. The first kappa shape index (κ1) is 43.8. The van der Waals surface area contributed by atoms with Gasteiger partial charge in [-0.3, -0.25) is 9.78 Å². The van der Waals surface area contributed by atoms with Gasteiger partial charge in [0.25, 0.3) is 0 Å². The van der Waals surface area contributed by atoms with E-state index in [2.05, 4.69) is 137 Å². The zero-order chi connectivity index (χ0) is 41.5. The number of aliphatic hydroxyl groups excluding tert-OH is 1. The number of furan rings is 1. The van der Waals surface area contributed by atoms with Crippen LogP contribution in [0.15, 0.2) is 101 Å². The SMILES string of the molecule is CC(C)c1cccc(C(C)C)c1-n1c(-c2[c-]ccc3c2oc2cc4cccc5c4c(c23)C=CC5(C)C)nc2ccccc21.CCC(CC)C(=O)/C=C(\O)C(CC)CC.[Ir]. The number of ketones is 1. The topological polar surface area (TPSA) is 68.3 Å². The molecule has 0 saturated carbocycles. The second kappa shape index (κ2) is 17.8. The predicted octanol–water partition coefficient (Wildman–Crippen LogP) is 15.0. The van der Waals surface area contributed by atoms with Gasteiger partial charge in [0.05, 0.1) is 28.2 Å². The summed E-state index contributed by atoms with van der Waals surface area (Å²) in [5.41, 5.74) is 11.1. The van der Waals surface area contributed by atoms with E-state index in [4.69, 9.17) is 9.40 Å². The van der Waals surface area contributed by atoms with Gasteiger partial charge in [-0.2, -0.15) is 0 Å².